The summed E-state index contributed by atoms with van der Waals surface area (Å²) < 4.78 is 0. The Balaban J connectivity index is 2.13. The molecule has 0 atom stereocenters. The standard InChI is InChI=1S/C11H14N2O3/c1-7-5-12-6-8(7)9(14)13-11(10(15)16)3-2-4-11/h5-6,12H,2-4H2,1H3,(H,13,14)(H,15,16). The predicted molar refractivity (Wildman–Crippen MR) is 57.2 cm³/mol. The molecule has 1 aliphatic carbocycles. The number of aromatic nitrogens is 1. The van der Waals surface area contributed by atoms with Crippen molar-refractivity contribution in [3.8, 4) is 0 Å². The maximum absolute atomic E-state index is 11.8. The van der Waals surface area contributed by atoms with E-state index in [2.05, 4.69) is 10.3 Å². The van der Waals surface area contributed by atoms with E-state index in [0.717, 1.165) is 12.0 Å². The van der Waals surface area contributed by atoms with Crippen molar-refractivity contribution in [2.24, 2.45) is 0 Å². The van der Waals surface area contributed by atoms with Crippen molar-refractivity contribution < 1.29 is 14.7 Å². The van der Waals surface area contributed by atoms with E-state index >= 15 is 0 Å². The zero-order valence-electron chi connectivity index (χ0n) is 9.04. The van der Waals surface area contributed by atoms with Crippen LogP contribution in [0.4, 0.5) is 0 Å². The van der Waals surface area contributed by atoms with E-state index in [1.165, 1.54) is 0 Å². The molecular formula is C11H14N2O3. The van der Waals surface area contributed by atoms with Gasteiger partial charge in [0.1, 0.15) is 5.54 Å². The topological polar surface area (TPSA) is 82.2 Å². The first-order chi connectivity index (χ1) is 7.55. The second-order valence-electron chi connectivity index (χ2n) is 4.25. The molecule has 3 N–H and O–H groups in total. The Morgan fingerprint density at radius 2 is 2.12 bits per heavy atom. The number of carbonyl (C=O) groups excluding carboxylic acids is 1. The molecule has 1 saturated carbocycles. The molecule has 1 amide bonds. The fraction of sp³-hybridized carbons (Fsp3) is 0.455. The van der Waals surface area contributed by atoms with Gasteiger partial charge < -0.3 is 15.4 Å². The highest BCUT2D eigenvalue weighted by Crippen LogP contribution is 2.32. The van der Waals surface area contributed by atoms with Gasteiger partial charge in [0.2, 0.25) is 0 Å². The Hall–Kier alpha value is -1.78. The summed E-state index contributed by atoms with van der Waals surface area (Å²) in [6.45, 7) is 1.81. The molecule has 0 spiro atoms. The minimum atomic E-state index is -1.04. The second kappa shape index (κ2) is 3.66. The van der Waals surface area contributed by atoms with Gasteiger partial charge >= 0.3 is 5.97 Å². The van der Waals surface area contributed by atoms with Crippen molar-refractivity contribution in [1.82, 2.24) is 10.3 Å². The summed E-state index contributed by atoms with van der Waals surface area (Å²) in [7, 11) is 0. The molecule has 1 heterocycles. The van der Waals surface area contributed by atoms with Crippen LogP contribution in [0.2, 0.25) is 0 Å². The van der Waals surface area contributed by atoms with Crippen LogP contribution in [-0.2, 0) is 4.79 Å². The summed E-state index contributed by atoms with van der Waals surface area (Å²) in [5, 5.41) is 11.7. The van der Waals surface area contributed by atoms with E-state index in [1.54, 1.807) is 19.3 Å². The number of carboxylic acids is 1. The Labute approximate surface area is 92.9 Å². The van der Waals surface area contributed by atoms with Crippen molar-refractivity contribution in [3.63, 3.8) is 0 Å². The van der Waals surface area contributed by atoms with E-state index in [-0.39, 0.29) is 5.91 Å². The third kappa shape index (κ3) is 1.58. The van der Waals surface area contributed by atoms with Gasteiger partial charge in [-0.2, -0.15) is 0 Å². The van der Waals surface area contributed by atoms with Crippen LogP contribution in [0.1, 0.15) is 35.2 Å². The molecule has 0 aliphatic heterocycles. The molecular weight excluding hydrogens is 208 g/mol. The third-order valence-corrected chi connectivity index (χ3v) is 3.17. The number of nitrogens with one attached hydrogen (secondary N) is 2. The van der Waals surface area contributed by atoms with Crippen LogP contribution in [-0.4, -0.2) is 27.5 Å². The van der Waals surface area contributed by atoms with E-state index in [4.69, 9.17) is 5.11 Å². The van der Waals surface area contributed by atoms with E-state index in [0.29, 0.717) is 18.4 Å². The Kier molecular flexibility index (Phi) is 2.46. The van der Waals surface area contributed by atoms with Gasteiger partial charge in [-0.05, 0) is 31.7 Å². The van der Waals surface area contributed by atoms with E-state index in [9.17, 15) is 9.59 Å². The van der Waals surface area contributed by atoms with Gasteiger partial charge in [0.25, 0.3) is 5.91 Å². The molecule has 0 radical (unpaired) electrons. The summed E-state index contributed by atoms with van der Waals surface area (Å²) in [6, 6.07) is 0. The third-order valence-electron chi connectivity index (χ3n) is 3.17. The normalized spacial score (nSPS) is 17.6. The van der Waals surface area contributed by atoms with Gasteiger partial charge in [-0.25, -0.2) is 4.79 Å². The average molecular weight is 222 g/mol. The lowest BCUT2D eigenvalue weighted by atomic mass is 9.76. The summed E-state index contributed by atoms with van der Waals surface area (Å²) >= 11 is 0. The van der Waals surface area contributed by atoms with Crippen LogP contribution in [0.15, 0.2) is 12.4 Å². The number of carbonyl (C=O) groups is 2. The van der Waals surface area contributed by atoms with E-state index < -0.39 is 11.5 Å². The number of aromatic amines is 1. The quantitative estimate of drug-likeness (QED) is 0.715. The first kappa shape index (κ1) is 10.7. The van der Waals surface area contributed by atoms with Gasteiger partial charge in [0.05, 0.1) is 5.56 Å². The van der Waals surface area contributed by atoms with Crippen molar-refractivity contribution in [2.75, 3.05) is 0 Å². The minimum Gasteiger partial charge on any atom is -0.480 e. The second-order valence-corrected chi connectivity index (χ2v) is 4.25. The molecule has 5 heteroatoms. The Morgan fingerprint density at radius 3 is 2.50 bits per heavy atom. The Bertz CT molecular complexity index is 432. The molecule has 0 unspecified atom stereocenters. The molecule has 0 saturated heterocycles. The molecule has 16 heavy (non-hydrogen) atoms. The fourth-order valence-electron chi connectivity index (χ4n) is 1.89. The van der Waals surface area contributed by atoms with Crippen LogP contribution < -0.4 is 5.32 Å². The smallest absolute Gasteiger partial charge is 0.329 e. The lowest BCUT2D eigenvalue weighted by Gasteiger charge is -2.38. The van der Waals surface area contributed by atoms with E-state index in [1.807, 2.05) is 0 Å². The minimum absolute atomic E-state index is 0.319. The maximum atomic E-state index is 11.8. The van der Waals surface area contributed by atoms with Gasteiger partial charge in [-0.1, -0.05) is 0 Å². The van der Waals surface area contributed by atoms with Crippen LogP contribution in [0.3, 0.4) is 0 Å². The number of hydrogen-bond acceptors (Lipinski definition) is 2. The number of aliphatic carboxylic acids is 1. The molecule has 1 aromatic heterocycles. The summed E-state index contributed by atoms with van der Waals surface area (Å²) in [5.74, 6) is -1.26. The van der Waals surface area contributed by atoms with Gasteiger partial charge in [0.15, 0.2) is 0 Å². The first-order valence-corrected chi connectivity index (χ1v) is 5.24. The summed E-state index contributed by atoms with van der Waals surface area (Å²) in [4.78, 5) is 25.7. The van der Waals surface area contributed by atoms with Crippen molar-refractivity contribution in [3.05, 3.63) is 23.5 Å². The number of aryl methyl sites for hydroxylation is 1. The van der Waals surface area contributed by atoms with Crippen molar-refractivity contribution >= 4 is 11.9 Å². The molecule has 86 valence electrons. The largest absolute Gasteiger partial charge is 0.480 e. The number of amides is 1. The average Bonchev–Trinajstić information content (AvgIpc) is 2.57. The first-order valence-electron chi connectivity index (χ1n) is 5.24. The van der Waals surface area contributed by atoms with Gasteiger partial charge in [0, 0.05) is 12.4 Å². The summed E-state index contributed by atoms with van der Waals surface area (Å²) in [5.41, 5.74) is 0.283. The zero-order valence-corrected chi connectivity index (χ0v) is 9.04. The lowest BCUT2D eigenvalue weighted by molar-refractivity contribution is -0.148. The van der Waals surface area contributed by atoms with Gasteiger partial charge in [-0.15, -0.1) is 0 Å². The number of carboxylic acid groups (broad SMARTS) is 1. The maximum Gasteiger partial charge on any atom is 0.329 e. The predicted octanol–water partition coefficient (Wildman–Crippen LogP) is 1.06. The highest BCUT2D eigenvalue weighted by atomic mass is 16.4. The van der Waals surface area contributed by atoms with Crippen molar-refractivity contribution in [1.29, 1.82) is 0 Å². The highest BCUT2D eigenvalue weighted by molar-refractivity contribution is 5.99. The number of rotatable bonds is 3. The SMILES string of the molecule is Cc1c[nH]cc1C(=O)NC1(C(=O)O)CCC1. The zero-order chi connectivity index (χ0) is 11.8. The molecule has 0 aromatic carbocycles. The fourth-order valence-corrected chi connectivity index (χ4v) is 1.89. The molecule has 5 nitrogen and oxygen atoms in total. The monoisotopic (exact) mass is 222 g/mol. The number of hydrogen-bond donors (Lipinski definition) is 3. The molecule has 2 rings (SSSR count). The van der Waals surface area contributed by atoms with Crippen LogP contribution in [0.25, 0.3) is 0 Å². The van der Waals surface area contributed by atoms with Crippen molar-refractivity contribution in [2.45, 2.75) is 31.7 Å². The van der Waals surface area contributed by atoms with Crippen LogP contribution in [0, 0.1) is 6.92 Å². The molecule has 0 bridgehead atoms. The highest BCUT2D eigenvalue weighted by Gasteiger charge is 2.45. The molecule has 1 aliphatic rings. The molecule has 1 fully saturated rings. The summed E-state index contributed by atoms with van der Waals surface area (Å²) in [6.07, 6.45) is 5.16. The van der Waals surface area contributed by atoms with Gasteiger partial charge in [-0.3, -0.25) is 4.79 Å². The Morgan fingerprint density at radius 1 is 1.44 bits per heavy atom. The van der Waals surface area contributed by atoms with Crippen LogP contribution in [0.5, 0.6) is 0 Å². The molecule has 1 aromatic rings. The number of H-pyrrole nitrogens is 1. The van der Waals surface area contributed by atoms with Crippen LogP contribution >= 0.6 is 0 Å². The lowest BCUT2D eigenvalue weighted by Crippen LogP contribution is -2.59.